The maximum atomic E-state index is 11.8. The van der Waals surface area contributed by atoms with Crippen molar-refractivity contribution in [1.29, 1.82) is 0 Å². The first-order valence-corrected chi connectivity index (χ1v) is 13.0. The molecule has 2 aromatic rings. The molecule has 0 bridgehead atoms. The standard InChI is InChI=1S/C18H24N4O6S2/c1-12-16(13(2)21(19-12)14-7-8-30(27,28)11-14)10-20(3)17-6-5-15(29(4,25)26)9-18(17)22(23)24/h5-6,9,14H,7-8,10-11H2,1-4H3. The number of hydrogen-bond acceptors (Lipinski definition) is 8. The van der Waals surface area contributed by atoms with Crippen LogP contribution in [0.15, 0.2) is 23.1 Å². The molecule has 1 unspecified atom stereocenters. The number of hydrogen-bond donors (Lipinski definition) is 0. The number of benzene rings is 1. The zero-order valence-corrected chi connectivity index (χ0v) is 18.8. The number of nitro groups is 1. The average Bonchev–Trinajstić information content (AvgIpc) is 3.13. The van der Waals surface area contributed by atoms with Gasteiger partial charge in [-0.2, -0.15) is 5.10 Å². The summed E-state index contributed by atoms with van der Waals surface area (Å²) in [5.41, 5.74) is 2.37. The average molecular weight is 457 g/mol. The third-order valence-electron chi connectivity index (χ3n) is 5.41. The maximum absolute atomic E-state index is 11.8. The van der Waals surface area contributed by atoms with Crippen molar-refractivity contribution >= 4 is 31.0 Å². The van der Waals surface area contributed by atoms with Crippen LogP contribution in [-0.4, -0.2) is 56.3 Å². The molecule has 0 saturated carbocycles. The molecule has 0 aliphatic carbocycles. The summed E-state index contributed by atoms with van der Waals surface area (Å²) in [5.74, 6) is 0.201. The molecule has 30 heavy (non-hydrogen) atoms. The Morgan fingerprint density at radius 1 is 1.33 bits per heavy atom. The van der Waals surface area contributed by atoms with Crippen molar-refractivity contribution in [3.8, 4) is 0 Å². The second-order valence-corrected chi connectivity index (χ2v) is 11.9. The molecular formula is C18H24N4O6S2. The summed E-state index contributed by atoms with van der Waals surface area (Å²) in [4.78, 5) is 12.5. The SMILES string of the molecule is Cc1nn(C2CCS(=O)(=O)C2)c(C)c1CN(C)c1ccc(S(C)(=O)=O)cc1[N+](=O)[O-]. The number of nitro benzene ring substituents is 1. The number of anilines is 1. The van der Waals surface area contributed by atoms with Gasteiger partial charge in [-0.05, 0) is 32.4 Å². The van der Waals surface area contributed by atoms with Crippen molar-refractivity contribution in [2.75, 3.05) is 29.7 Å². The highest BCUT2D eigenvalue weighted by atomic mass is 32.2. The molecule has 1 fully saturated rings. The predicted octanol–water partition coefficient (Wildman–Crippen LogP) is 1.81. The molecule has 1 aliphatic rings. The van der Waals surface area contributed by atoms with E-state index in [0.717, 1.165) is 29.3 Å². The van der Waals surface area contributed by atoms with Crippen molar-refractivity contribution in [2.45, 2.75) is 37.8 Å². The van der Waals surface area contributed by atoms with Crippen molar-refractivity contribution in [3.63, 3.8) is 0 Å². The van der Waals surface area contributed by atoms with Gasteiger partial charge in [-0.25, -0.2) is 16.8 Å². The molecule has 1 aliphatic heterocycles. The second kappa shape index (κ2) is 7.65. The molecule has 10 nitrogen and oxygen atoms in total. The van der Waals surface area contributed by atoms with Crippen LogP contribution >= 0.6 is 0 Å². The predicted molar refractivity (Wildman–Crippen MR) is 112 cm³/mol. The smallest absolute Gasteiger partial charge is 0.293 e. The Balaban J connectivity index is 1.93. The minimum Gasteiger partial charge on any atom is -0.365 e. The zero-order valence-electron chi connectivity index (χ0n) is 17.2. The highest BCUT2D eigenvalue weighted by Gasteiger charge is 2.32. The Bertz CT molecular complexity index is 1220. The van der Waals surface area contributed by atoms with Crippen molar-refractivity contribution < 1.29 is 21.8 Å². The lowest BCUT2D eigenvalue weighted by Crippen LogP contribution is -2.19. The fourth-order valence-corrected chi connectivity index (χ4v) is 6.11. The number of sulfone groups is 2. The van der Waals surface area contributed by atoms with Crippen LogP contribution in [0.4, 0.5) is 11.4 Å². The fraction of sp³-hybridized carbons (Fsp3) is 0.500. The minimum absolute atomic E-state index is 0.0582. The van der Waals surface area contributed by atoms with Gasteiger partial charge in [0.05, 0.1) is 33.1 Å². The van der Waals surface area contributed by atoms with Crippen molar-refractivity contribution in [1.82, 2.24) is 9.78 Å². The summed E-state index contributed by atoms with van der Waals surface area (Å²) in [6.07, 6.45) is 1.51. The molecule has 1 aromatic carbocycles. The van der Waals surface area contributed by atoms with E-state index in [1.807, 2.05) is 13.8 Å². The molecule has 1 atom stereocenters. The van der Waals surface area contributed by atoms with E-state index in [9.17, 15) is 26.9 Å². The van der Waals surface area contributed by atoms with E-state index in [4.69, 9.17) is 0 Å². The summed E-state index contributed by atoms with van der Waals surface area (Å²) in [5, 5.41) is 16.1. The van der Waals surface area contributed by atoms with Gasteiger partial charge in [0.2, 0.25) is 0 Å². The fourth-order valence-electron chi connectivity index (χ4n) is 3.77. The monoisotopic (exact) mass is 456 g/mol. The normalized spacial score (nSPS) is 18.5. The topological polar surface area (TPSA) is 132 Å². The van der Waals surface area contributed by atoms with Crippen LogP contribution in [-0.2, 0) is 26.2 Å². The molecule has 0 amide bonds. The van der Waals surface area contributed by atoms with Crippen LogP contribution < -0.4 is 4.90 Å². The number of aryl methyl sites for hydroxylation is 1. The van der Waals surface area contributed by atoms with Crippen LogP contribution in [0.5, 0.6) is 0 Å². The minimum atomic E-state index is -3.57. The molecule has 1 aromatic heterocycles. The number of aromatic nitrogens is 2. The molecule has 164 valence electrons. The summed E-state index contributed by atoms with van der Waals surface area (Å²) in [7, 11) is -4.95. The lowest BCUT2D eigenvalue weighted by molar-refractivity contribution is -0.384. The van der Waals surface area contributed by atoms with E-state index in [1.165, 1.54) is 12.1 Å². The van der Waals surface area contributed by atoms with Gasteiger partial charge in [-0.3, -0.25) is 14.8 Å². The third kappa shape index (κ3) is 4.33. The van der Waals surface area contributed by atoms with Gasteiger partial charge in [0.1, 0.15) is 5.69 Å². The summed E-state index contributed by atoms with van der Waals surface area (Å²) >= 11 is 0. The maximum Gasteiger partial charge on any atom is 0.293 e. The molecule has 0 N–H and O–H groups in total. The van der Waals surface area contributed by atoms with Gasteiger partial charge in [0.15, 0.2) is 19.7 Å². The van der Waals surface area contributed by atoms with Crippen LogP contribution in [0.3, 0.4) is 0 Å². The Labute approximate surface area is 175 Å². The molecular weight excluding hydrogens is 432 g/mol. The highest BCUT2D eigenvalue weighted by molar-refractivity contribution is 7.91. The molecule has 12 heteroatoms. The Kier molecular flexibility index (Phi) is 5.67. The largest absolute Gasteiger partial charge is 0.365 e. The first kappa shape index (κ1) is 22.2. The quantitative estimate of drug-likeness (QED) is 0.475. The first-order valence-electron chi connectivity index (χ1n) is 9.25. The van der Waals surface area contributed by atoms with Gasteiger partial charge in [-0.15, -0.1) is 0 Å². The van der Waals surface area contributed by atoms with E-state index >= 15 is 0 Å². The van der Waals surface area contributed by atoms with E-state index < -0.39 is 24.6 Å². The van der Waals surface area contributed by atoms with Crippen LogP contribution in [0.2, 0.25) is 0 Å². The van der Waals surface area contributed by atoms with E-state index in [1.54, 1.807) is 16.6 Å². The first-order chi connectivity index (χ1) is 13.8. The molecule has 0 radical (unpaired) electrons. The molecule has 0 spiro atoms. The number of nitrogens with zero attached hydrogens (tertiary/aromatic N) is 4. The number of rotatable bonds is 6. The summed E-state index contributed by atoms with van der Waals surface area (Å²) < 4.78 is 48.9. The van der Waals surface area contributed by atoms with Gasteiger partial charge < -0.3 is 4.90 Å². The molecule has 2 heterocycles. The third-order valence-corrected chi connectivity index (χ3v) is 8.27. The highest BCUT2D eigenvalue weighted by Crippen LogP contribution is 2.33. The Hall–Kier alpha value is -2.47. The van der Waals surface area contributed by atoms with Gasteiger partial charge >= 0.3 is 0 Å². The van der Waals surface area contributed by atoms with Crippen LogP contribution in [0.1, 0.15) is 29.4 Å². The lowest BCUT2D eigenvalue weighted by Gasteiger charge is -2.20. The van der Waals surface area contributed by atoms with Gasteiger partial charge in [-0.1, -0.05) is 0 Å². The van der Waals surface area contributed by atoms with E-state index in [2.05, 4.69) is 5.10 Å². The summed E-state index contributed by atoms with van der Waals surface area (Å²) in [6.45, 7) is 3.97. The molecule has 3 rings (SSSR count). The zero-order chi connectivity index (χ0) is 22.4. The summed E-state index contributed by atoms with van der Waals surface area (Å²) in [6, 6.07) is 3.62. The van der Waals surface area contributed by atoms with Gasteiger partial charge in [0.25, 0.3) is 5.69 Å². The lowest BCUT2D eigenvalue weighted by atomic mass is 10.1. The van der Waals surface area contributed by atoms with E-state index in [0.29, 0.717) is 13.0 Å². The molecule has 1 saturated heterocycles. The van der Waals surface area contributed by atoms with Crippen LogP contribution in [0.25, 0.3) is 0 Å². The van der Waals surface area contributed by atoms with E-state index in [-0.39, 0.29) is 33.8 Å². The Morgan fingerprint density at radius 2 is 2.00 bits per heavy atom. The van der Waals surface area contributed by atoms with Crippen LogP contribution in [0, 0.1) is 24.0 Å². The Morgan fingerprint density at radius 3 is 2.53 bits per heavy atom. The van der Waals surface area contributed by atoms with Crippen molar-refractivity contribution in [3.05, 3.63) is 45.3 Å². The van der Waals surface area contributed by atoms with Gasteiger partial charge in [0, 0.05) is 37.2 Å². The van der Waals surface area contributed by atoms with Crippen molar-refractivity contribution in [2.24, 2.45) is 0 Å². The second-order valence-electron chi connectivity index (χ2n) is 7.69.